The Bertz CT molecular complexity index is 435. The molecule has 0 aliphatic rings. The number of carboxylic acids is 1. The number of benzene rings is 2. The van der Waals surface area contributed by atoms with Gasteiger partial charge >= 0.3 is 5.97 Å². The van der Waals surface area contributed by atoms with E-state index in [1.165, 1.54) is 5.56 Å². The molecule has 0 aliphatic heterocycles. The number of aryl methyl sites for hydroxylation is 1. The maximum Gasteiger partial charge on any atom is 0.335 e. The van der Waals surface area contributed by atoms with Crippen LogP contribution in [0.3, 0.4) is 0 Å². The third-order valence-corrected chi connectivity index (χ3v) is 2.27. The Morgan fingerprint density at radius 1 is 0.941 bits per heavy atom. The number of rotatable bonds is 2. The van der Waals surface area contributed by atoms with E-state index in [1.807, 2.05) is 6.07 Å². The van der Waals surface area contributed by atoms with E-state index in [0.717, 1.165) is 6.42 Å². The summed E-state index contributed by atoms with van der Waals surface area (Å²) < 4.78 is 0. The first kappa shape index (κ1) is 13.0. The van der Waals surface area contributed by atoms with E-state index in [2.05, 4.69) is 31.2 Å². The summed E-state index contributed by atoms with van der Waals surface area (Å²) in [5.74, 6) is -0.879. The minimum atomic E-state index is -0.879. The largest absolute Gasteiger partial charge is 0.478 e. The Labute approximate surface area is 102 Å². The molecular formula is C15H16O2. The van der Waals surface area contributed by atoms with Crippen molar-refractivity contribution < 1.29 is 9.90 Å². The van der Waals surface area contributed by atoms with Gasteiger partial charge in [0.25, 0.3) is 0 Å². The van der Waals surface area contributed by atoms with E-state index < -0.39 is 5.97 Å². The van der Waals surface area contributed by atoms with Crippen LogP contribution in [0.4, 0.5) is 0 Å². The van der Waals surface area contributed by atoms with E-state index in [0.29, 0.717) is 5.56 Å². The van der Waals surface area contributed by atoms with Gasteiger partial charge in [-0.05, 0) is 24.1 Å². The highest BCUT2D eigenvalue weighted by molar-refractivity contribution is 5.87. The fourth-order valence-electron chi connectivity index (χ4n) is 1.29. The molecule has 1 N–H and O–H groups in total. The lowest BCUT2D eigenvalue weighted by atomic mass is 10.2. The molecule has 0 unspecified atom stereocenters. The van der Waals surface area contributed by atoms with E-state index in [1.54, 1.807) is 30.3 Å². The van der Waals surface area contributed by atoms with Crippen LogP contribution in [0.15, 0.2) is 60.7 Å². The first-order valence-electron chi connectivity index (χ1n) is 5.56. The van der Waals surface area contributed by atoms with Crippen molar-refractivity contribution in [1.29, 1.82) is 0 Å². The molecule has 0 heterocycles. The van der Waals surface area contributed by atoms with Crippen molar-refractivity contribution >= 4 is 5.97 Å². The molecule has 2 aromatic carbocycles. The Hall–Kier alpha value is -2.09. The van der Waals surface area contributed by atoms with Gasteiger partial charge in [-0.3, -0.25) is 0 Å². The highest BCUT2D eigenvalue weighted by Crippen LogP contribution is 1.97. The van der Waals surface area contributed by atoms with Crippen LogP contribution < -0.4 is 0 Å². The summed E-state index contributed by atoms with van der Waals surface area (Å²) >= 11 is 0. The van der Waals surface area contributed by atoms with Crippen LogP contribution in [-0.2, 0) is 6.42 Å². The van der Waals surface area contributed by atoms with Gasteiger partial charge < -0.3 is 5.11 Å². The summed E-state index contributed by atoms with van der Waals surface area (Å²) in [5, 5.41) is 8.38. The first-order valence-corrected chi connectivity index (χ1v) is 5.56. The van der Waals surface area contributed by atoms with Crippen LogP contribution in [0.2, 0.25) is 0 Å². The van der Waals surface area contributed by atoms with Gasteiger partial charge in [-0.1, -0.05) is 55.5 Å². The zero-order chi connectivity index (χ0) is 12.5. The second-order valence-corrected chi connectivity index (χ2v) is 3.51. The molecule has 0 saturated carbocycles. The van der Waals surface area contributed by atoms with Crippen LogP contribution in [-0.4, -0.2) is 11.1 Å². The lowest BCUT2D eigenvalue weighted by Gasteiger charge is -1.89. The molecule has 2 rings (SSSR count). The third kappa shape index (κ3) is 4.98. The van der Waals surface area contributed by atoms with Crippen LogP contribution in [0.25, 0.3) is 0 Å². The molecule has 17 heavy (non-hydrogen) atoms. The molecule has 0 bridgehead atoms. The fourth-order valence-corrected chi connectivity index (χ4v) is 1.29. The molecule has 0 saturated heterocycles. The minimum absolute atomic E-state index is 0.331. The van der Waals surface area contributed by atoms with Gasteiger partial charge in [0.1, 0.15) is 0 Å². The van der Waals surface area contributed by atoms with Gasteiger partial charge in [0, 0.05) is 0 Å². The predicted octanol–water partition coefficient (Wildman–Crippen LogP) is 3.63. The van der Waals surface area contributed by atoms with E-state index >= 15 is 0 Å². The maximum absolute atomic E-state index is 10.2. The SMILES string of the molecule is CCc1ccccc1.O=C(O)c1ccccc1. The molecule has 0 aliphatic carbocycles. The van der Waals surface area contributed by atoms with Crippen molar-refractivity contribution in [2.45, 2.75) is 13.3 Å². The van der Waals surface area contributed by atoms with Gasteiger partial charge in [0.15, 0.2) is 0 Å². The molecule has 0 amide bonds. The predicted molar refractivity (Wildman–Crippen MR) is 69.2 cm³/mol. The Balaban J connectivity index is 0.000000171. The molecule has 2 heteroatoms. The molecule has 0 radical (unpaired) electrons. The smallest absolute Gasteiger partial charge is 0.335 e. The van der Waals surface area contributed by atoms with Crippen molar-refractivity contribution in [2.75, 3.05) is 0 Å². The van der Waals surface area contributed by atoms with Crippen molar-refractivity contribution in [3.8, 4) is 0 Å². The summed E-state index contributed by atoms with van der Waals surface area (Å²) in [6, 6.07) is 18.8. The van der Waals surface area contributed by atoms with Crippen LogP contribution in [0.5, 0.6) is 0 Å². The van der Waals surface area contributed by atoms with Crippen LogP contribution in [0, 0.1) is 0 Å². The highest BCUT2D eigenvalue weighted by atomic mass is 16.4. The summed E-state index contributed by atoms with van der Waals surface area (Å²) in [6.07, 6.45) is 1.14. The van der Waals surface area contributed by atoms with Crippen LogP contribution in [0.1, 0.15) is 22.8 Å². The zero-order valence-corrected chi connectivity index (χ0v) is 9.84. The number of hydrogen-bond acceptors (Lipinski definition) is 1. The van der Waals surface area contributed by atoms with Gasteiger partial charge in [0.05, 0.1) is 5.56 Å². The summed E-state index contributed by atoms with van der Waals surface area (Å²) in [4.78, 5) is 10.2. The minimum Gasteiger partial charge on any atom is -0.478 e. The topological polar surface area (TPSA) is 37.3 Å². The van der Waals surface area contributed by atoms with Gasteiger partial charge in [-0.15, -0.1) is 0 Å². The first-order chi connectivity index (χ1) is 8.24. The molecule has 0 fully saturated rings. The molecule has 0 aromatic heterocycles. The van der Waals surface area contributed by atoms with E-state index in [-0.39, 0.29) is 0 Å². The molecule has 2 aromatic rings. The van der Waals surface area contributed by atoms with Crippen molar-refractivity contribution in [3.05, 3.63) is 71.8 Å². The second-order valence-electron chi connectivity index (χ2n) is 3.51. The Kier molecular flexibility index (Phi) is 5.52. The van der Waals surface area contributed by atoms with E-state index in [4.69, 9.17) is 5.11 Å². The molecular weight excluding hydrogens is 212 g/mol. The lowest BCUT2D eigenvalue weighted by Crippen LogP contribution is -1.93. The van der Waals surface area contributed by atoms with E-state index in [9.17, 15) is 4.79 Å². The summed E-state index contributed by atoms with van der Waals surface area (Å²) in [7, 11) is 0. The molecule has 2 nitrogen and oxygen atoms in total. The summed E-state index contributed by atoms with van der Waals surface area (Å²) in [6.45, 7) is 2.16. The van der Waals surface area contributed by atoms with Crippen LogP contribution >= 0.6 is 0 Å². The quantitative estimate of drug-likeness (QED) is 0.852. The number of carboxylic acid groups (broad SMARTS) is 1. The average Bonchev–Trinajstić information content (AvgIpc) is 2.41. The highest BCUT2D eigenvalue weighted by Gasteiger charge is 1.96. The second kappa shape index (κ2) is 7.23. The standard InChI is InChI=1S/C8H10.C7H6O2/c1-2-8-6-4-3-5-7-8;8-7(9)6-4-2-1-3-5-6/h3-7H,2H2,1H3;1-5H,(H,8,9). The molecule has 0 atom stereocenters. The monoisotopic (exact) mass is 228 g/mol. The Morgan fingerprint density at radius 3 is 1.71 bits per heavy atom. The number of hydrogen-bond donors (Lipinski definition) is 1. The van der Waals surface area contributed by atoms with Crippen molar-refractivity contribution in [1.82, 2.24) is 0 Å². The van der Waals surface area contributed by atoms with Crippen molar-refractivity contribution in [3.63, 3.8) is 0 Å². The number of aromatic carboxylic acids is 1. The molecule has 88 valence electrons. The maximum atomic E-state index is 10.2. The summed E-state index contributed by atoms with van der Waals surface area (Å²) in [5.41, 5.74) is 1.74. The average molecular weight is 228 g/mol. The third-order valence-electron chi connectivity index (χ3n) is 2.27. The number of carbonyl (C=O) groups is 1. The normalized spacial score (nSPS) is 9.00. The molecule has 0 spiro atoms. The van der Waals surface area contributed by atoms with Gasteiger partial charge in [-0.2, -0.15) is 0 Å². The zero-order valence-electron chi connectivity index (χ0n) is 9.84. The lowest BCUT2D eigenvalue weighted by molar-refractivity contribution is 0.0697. The van der Waals surface area contributed by atoms with Gasteiger partial charge in [-0.25, -0.2) is 4.79 Å². The van der Waals surface area contributed by atoms with Gasteiger partial charge in [0.2, 0.25) is 0 Å². The fraction of sp³-hybridized carbons (Fsp3) is 0.133. The Morgan fingerprint density at radius 2 is 1.41 bits per heavy atom. The van der Waals surface area contributed by atoms with Crippen molar-refractivity contribution in [2.24, 2.45) is 0 Å².